The van der Waals surface area contributed by atoms with Crippen LogP contribution in [0.15, 0.2) is 72.8 Å². The molecule has 0 saturated carbocycles. The normalized spacial score (nSPS) is 21.1. The fourth-order valence-electron chi connectivity index (χ4n) is 5.94. The lowest BCUT2D eigenvalue weighted by atomic mass is 9.96. The Labute approximate surface area is 213 Å². The third-order valence-corrected chi connectivity index (χ3v) is 7.83. The zero-order valence-corrected chi connectivity index (χ0v) is 21.2. The summed E-state index contributed by atoms with van der Waals surface area (Å²) in [7, 11) is 0. The maximum Gasteiger partial charge on any atom is 0.128 e. The number of nitrogens with one attached hydrogen (secondary N) is 1. The smallest absolute Gasteiger partial charge is 0.128 e. The van der Waals surface area contributed by atoms with Gasteiger partial charge in [0.2, 0.25) is 0 Å². The maximum absolute atomic E-state index is 11.0. The molecule has 3 aromatic carbocycles. The van der Waals surface area contributed by atoms with Crippen LogP contribution >= 0.6 is 0 Å². The van der Waals surface area contributed by atoms with Crippen LogP contribution in [0.4, 0.5) is 5.69 Å². The molecule has 0 unspecified atom stereocenters. The number of hydrogen-bond acceptors (Lipinski definition) is 4. The van der Waals surface area contributed by atoms with Crippen molar-refractivity contribution >= 4 is 27.4 Å². The molecule has 0 spiro atoms. The molecule has 1 fully saturated rings. The number of ether oxygens (including phenoxy) is 1. The SMILES string of the molecule is Cc1cc2c(OC[C@@H](O)CN3C[C@@H]4CC=CC[C@H]3CN4c3ccc4ccccc4c3)ccc(C)c2[nH]1. The highest BCUT2D eigenvalue weighted by Gasteiger charge is 2.35. The van der Waals surface area contributed by atoms with Crippen LogP contribution in [0.3, 0.4) is 0 Å². The molecule has 5 heteroatoms. The molecule has 2 bridgehead atoms. The van der Waals surface area contributed by atoms with Gasteiger partial charge in [-0.1, -0.05) is 48.6 Å². The van der Waals surface area contributed by atoms with Crippen LogP contribution < -0.4 is 9.64 Å². The van der Waals surface area contributed by atoms with Crippen molar-refractivity contribution in [1.82, 2.24) is 9.88 Å². The first-order valence-electron chi connectivity index (χ1n) is 13.1. The van der Waals surface area contributed by atoms with E-state index in [9.17, 15) is 5.11 Å². The summed E-state index contributed by atoms with van der Waals surface area (Å²) >= 11 is 0. The summed E-state index contributed by atoms with van der Waals surface area (Å²) in [6, 6.07) is 22.4. The predicted octanol–water partition coefficient (Wildman–Crippen LogP) is 5.59. The van der Waals surface area contributed by atoms with Gasteiger partial charge in [-0.3, -0.25) is 4.90 Å². The van der Waals surface area contributed by atoms with Crippen molar-refractivity contribution in [3.8, 4) is 5.75 Å². The Morgan fingerprint density at radius 2 is 1.75 bits per heavy atom. The van der Waals surface area contributed by atoms with Gasteiger partial charge >= 0.3 is 0 Å². The quantitative estimate of drug-likeness (QED) is 0.353. The molecule has 3 atom stereocenters. The first-order valence-corrected chi connectivity index (χ1v) is 13.1. The number of piperazine rings is 1. The van der Waals surface area contributed by atoms with Gasteiger partial charge in [-0.25, -0.2) is 0 Å². The molecule has 0 aliphatic carbocycles. The number of hydrogen-bond donors (Lipinski definition) is 2. The van der Waals surface area contributed by atoms with Crippen LogP contribution in [-0.4, -0.2) is 59.4 Å². The molecule has 36 heavy (non-hydrogen) atoms. The monoisotopic (exact) mass is 481 g/mol. The number of fused-ring (bicyclic) bond motifs is 6. The topological polar surface area (TPSA) is 51.7 Å². The van der Waals surface area contributed by atoms with Gasteiger partial charge in [-0.05, 0) is 67.3 Å². The fraction of sp³-hybridized carbons (Fsp3) is 0.355. The summed E-state index contributed by atoms with van der Waals surface area (Å²) in [5.41, 5.74) is 4.73. The number of aliphatic hydroxyl groups is 1. The molecule has 1 saturated heterocycles. The van der Waals surface area contributed by atoms with E-state index >= 15 is 0 Å². The molecule has 0 radical (unpaired) electrons. The number of anilines is 1. The summed E-state index contributed by atoms with van der Waals surface area (Å²) in [5.74, 6) is 0.832. The van der Waals surface area contributed by atoms with Crippen molar-refractivity contribution in [1.29, 1.82) is 0 Å². The molecule has 7 rings (SSSR count). The molecule has 1 aromatic heterocycles. The van der Waals surface area contributed by atoms with E-state index in [0.717, 1.165) is 48.3 Å². The number of nitrogens with zero attached hydrogens (tertiary/aromatic N) is 2. The molecule has 5 nitrogen and oxygen atoms in total. The lowest BCUT2D eigenvalue weighted by Gasteiger charge is -2.48. The Hall–Kier alpha value is -3.28. The minimum Gasteiger partial charge on any atom is -0.490 e. The molecular formula is C31H35N3O2. The summed E-state index contributed by atoms with van der Waals surface area (Å²) < 4.78 is 6.14. The summed E-state index contributed by atoms with van der Waals surface area (Å²) in [4.78, 5) is 8.47. The summed E-state index contributed by atoms with van der Waals surface area (Å²) in [5, 5.41) is 14.6. The van der Waals surface area contributed by atoms with E-state index in [-0.39, 0.29) is 0 Å². The molecular weight excluding hydrogens is 446 g/mol. The highest BCUT2D eigenvalue weighted by Crippen LogP contribution is 2.32. The van der Waals surface area contributed by atoms with E-state index < -0.39 is 6.10 Å². The van der Waals surface area contributed by atoms with Crippen LogP contribution in [0.5, 0.6) is 5.75 Å². The number of H-pyrrole nitrogens is 1. The van der Waals surface area contributed by atoms with Crippen molar-refractivity contribution in [3.05, 3.63) is 84.1 Å². The van der Waals surface area contributed by atoms with Crippen molar-refractivity contribution in [2.45, 2.75) is 44.9 Å². The molecule has 186 valence electrons. The van der Waals surface area contributed by atoms with E-state index in [4.69, 9.17) is 4.74 Å². The standard InChI is InChI=1S/C31H35N3O2/c1-21-11-14-30(29-15-22(2)32-31(21)29)36-20-28(35)19-33-17-27-10-6-5-9-26(33)18-34(27)25-13-12-23-7-3-4-8-24(23)16-25/h3-8,11-16,26-28,32,35H,9-10,17-20H2,1-2H3/t26-,27-,28-/m0/s1. The Morgan fingerprint density at radius 1 is 0.944 bits per heavy atom. The summed E-state index contributed by atoms with van der Waals surface area (Å²) in [6.07, 6.45) is 6.15. The van der Waals surface area contributed by atoms with E-state index in [0.29, 0.717) is 25.2 Å². The second-order valence-electron chi connectivity index (χ2n) is 10.5. The highest BCUT2D eigenvalue weighted by molar-refractivity contribution is 5.89. The largest absolute Gasteiger partial charge is 0.490 e. The third kappa shape index (κ3) is 4.49. The second-order valence-corrected chi connectivity index (χ2v) is 10.5. The number of aromatic nitrogens is 1. The Balaban J connectivity index is 1.14. The van der Waals surface area contributed by atoms with Gasteiger partial charge in [0.1, 0.15) is 18.5 Å². The van der Waals surface area contributed by atoms with Gasteiger partial charge in [0.15, 0.2) is 0 Å². The van der Waals surface area contributed by atoms with E-state index in [1.165, 1.54) is 22.0 Å². The van der Waals surface area contributed by atoms with Crippen LogP contribution in [-0.2, 0) is 0 Å². The molecule has 4 aromatic rings. The number of aromatic amines is 1. The second kappa shape index (κ2) is 9.64. The van der Waals surface area contributed by atoms with E-state index in [1.54, 1.807) is 0 Å². The summed E-state index contributed by atoms with van der Waals surface area (Å²) in [6.45, 7) is 7.00. The molecule has 3 aliphatic rings. The van der Waals surface area contributed by atoms with Gasteiger partial charge in [-0.2, -0.15) is 0 Å². The third-order valence-electron chi connectivity index (χ3n) is 7.83. The average molecular weight is 482 g/mol. The van der Waals surface area contributed by atoms with Crippen molar-refractivity contribution in [3.63, 3.8) is 0 Å². The zero-order chi connectivity index (χ0) is 24.6. The van der Waals surface area contributed by atoms with Crippen LogP contribution in [0.1, 0.15) is 24.1 Å². The van der Waals surface area contributed by atoms with E-state index in [1.807, 2.05) is 6.07 Å². The Morgan fingerprint density at radius 3 is 2.61 bits per heavy atom. The van der Waals surface area contributed by atoms with Crippen LogP contribution in [0, 0.1) is 13.8 Å². The van der Waals surface area contributed by atoms with Crippen molar-refractivity contribution < 1.29 is 9.84 Å². The number of benzene rings is 3. The molecule has 0 amide bonds. The average Bonchev–Trinajstić information content (AvgIpc) is 3.27. The first kappa shape index (κ1) is 23.1. The van der Waals surface area contributed by atoms with Crippen LogP contribution in [0.25, 0.3) is 21.7 Å². The molecule has 3 aliphatic heterocycles. The minimum atomic E-state index is -0.542. The van der Waals surface area contributed by atoms with E-state index in [2.05, 4.69) is 95.4 Å². The van der Waals surface area contributed by atoms with Gasteiger partial charge < -0.3 is 19.7 Å². The predicted molar refractivity (Wildman–Crippen MR) is 148 cm³/mol. The minimum absolute atomic E-state index is 0.292. The van der Waals surface area contributed by atoms with Gasteiger partial charge in [0.05, 0.1) is 5.52 Å². The van der Waals surface area contributed by atoms with Gasteiger partial charge in [0.25, 0.3) is 0 Å². The zero-order valence-electron chi connectivity index (χ0n) is 21.2. The van der Waals surface area contributed by atoms with Gasteiger partial charge in [0, 0.05) is 48.5 Å². The van der Waals surface area contributed by atoms with Gasteiger partial charge in [-0.15, -0.1) is 0 Å². The van der Waals surface area contributed by atoms with Crippen molar-refractivity contribution in [2.24, 2.45) is 0 Å². The van der Waals surface area contributed by atoms with Crippen molar-refractivity contribution in [2.75, 3.05) is 31.1 Å². The lowest BCUT2D eigenvalue weighted by Crippen LogP contribution is -2.60. The fourth-order valence-corrected chi connectivity index (χ4v) is 5.94. The molecule has 4 heterocycles. The number of aliphatic hydroxyl groups excluding tert-OH is 1. The van der Waals surface area contributed by atoms with Crippen LogP contribution in [0.2, 0.25) is 0 Å². The molecule has 2 N–H and O–H groups in total. The highest BCUT2D eigenvalue weighted by atomic mass is 16.5. The Bertz CT molecular complexity index is 1410. The number of aryl methyl sites for hydroxylation is 2. The number of rotatable bonds is 6. The lowest BCUT2D eigenvalue weighted by molar-refractivity contribution is 0.0409. The maximum atomic E-state index is 11.0. The first-order chi connectivity index (χ1) is 17.5. The Kier molecular flexibility index (Phi) is 6.20.